The van der Waals surface area contributed by atoms with Crippen LogP contribution in [0.2, 0.25) is 0 Å². The first-order valence-corrected chi connectivity index (χ1v) is 7.44. The molecule has 20 heavy (non-hydrogen) atoms. The fraction of sp³-hybridized carbons (Fsp3) is 0.588. The molecule has 0 bridgehead atoms. The second-order valence-electron chi connectivity index (χ2n) is 5.85. The molecule has 0 aromatic heterocycles. The third kappa shape index (κ3) is 4.97. The van der Waals surface area contributed by atoms with Gasteiger partial charge in [-0.3, -0.25) is 4.79 Å². The summed E-state index contributed by atoms with van der Waals surface area (Å²) in [5.74, 6) is 1.02. The molecule has 1 N–H and O–H groups in total. The van der Waals surface area contributed by atoms with Crippen LogP contribution >= 0.6 is 0 Å². The van der Waals surface area contributed by atoms with E-state index in [1.54, 1.807) is 4.90 Å². The molecule has 1 rings (SSSR count). The van der Waals surface area contributed by atoms with Gasteiger partial charge >= 0.3 is 0 Å². The highest BCUT2D eigenvalue weighted by Gasteiger charge is 2.14. The Morgan fingerprint density at radius 2 is 1.70 bits per heavy atom. The van der Waals surface area contributed by atoms with Crippen molar-refractivity contribution in [1.82, 2.24) is 10.2 Å². The number of carbonyl (C=O) groups excluding carboxylic acids is 1. The van der Waals surface area contributed by atoms with E-state index in [9.17, 15) is 4.79 Å². The van der Waals surface area contributed by atoms with E-state index in [-0.39, 0.29) is 11.8 Å². The van der Waals surface area contributed by atoms with E-state index in [4.69, 9.17) is 0 Å². The van der Waals surface area contributed by atoms with Gasteiger partial charge in [0, 0.05) is 26.6 Å². The Morgan fingerprint density at radius 1 is 1.15 bits per heavy atom. The highest BCUT2D eigenvalue weighted by atomic mass is 16.2. The fourth-order valence-electron chi connectivity index (χ4n) is 2.15. The number of nitrogens with one attached hydrogen (secondary N) is 1. The van der Waals surface area contributed by atoms with Crippen molar-refractivity contribution in [3.8, 4) is 0 Å². The first kappa shape index (κ1) is 16.7. The van der Waals surface area contributed by atoms with Crippen molar-refractivity contribution in [2.24, 2.45) is 0 Å². The van der Waals surface area contributed by atoms with Crippen molar-refractivity contribution >= 4 is 5.91 Å². The van der Waals surface area contributed by atoms with Gasteiger partial charge < -0.3 is 10.2 Å². The van der Waals surface area contributed by atoms with Crippen LogP contribution in [0.4, 0.5) is 0 Å². The van der Waals surface area contributed by atoms with Gasteiger partial charge in [0.05, 0.1) is 0 Å². The lowest BCUT2D eigenvalue weighted by atomic mass is 9.94. The average Bonchev–Trinajstić information content (AvgIpc) is 2.44. The Balaban J connectivity index is 2.57. The molecule has 1 unspecified atom stereocenters. The average molecular weight is 276 g/mol. The molecular weight excluding hydrogens is 248 g/mol. The molecule has 0 spiro atoms. The monoisotopic (exact) mass is 276 g/mol. The number of hydrogen-bond acceptors (Lipinski definition) is 2. The van der Waals surface area contributed by atoms with Gasteiger partial charge in [-0.25, -0.2) is 0 Å². The van der Waals surface area contributed by atoms with E-state index in [0.29, 0.717) is 12.3 Å². The van der Waals surface area contributed by atoms with Gasteiger partial charge in [0.25, 0.3) is 0 Å². The largest absolute Gasteiger partial charge is 0.344 e. The minimum absolute atomic E-state index is 0.209. The van der Waals surface area contributed by atoms with Gasteiger partial charge in [0.15, 0.2) is 0 Å². The fourth-order valence-corrected chi connectivity index (χ4v) is 2.15. The maximum absolute atomic E-state index is 12.1. The number of benzene rings is 1. The Kier molecular flexibility index (Phi) is 6.73. The lowest BCUT2D eigenvalue weighted by molar-refractivity contribution is -0.130. The summed E-state index contributed by atoms with van der Waals surface area (Å²) < 4.78 is 0. The Labute approximate surface area is 123 Å². The van der Waals surface area contributed by atoms with E-state index in [1.807, 2.05) is 14.1 Å². The molecule has 0 heterocycles. The van der Waals surface area contributed by atoms with E-state index >= 15 is 0 Å². The normalized spacial score (nSPS) is 12.5. The molecule has 3 heteroatoms. The maximum Gasteiger partial charge on any atom is 0.222 e. The zero-order chi connectivity index (χ0) is 15.1. The third-order valence-electron chi connectivity index (χ3n) is 3.78. The van der Waals surface area contributed by atoms with Gasteiger partial charge in [-0.1, -0.05) is 45.0 Å². The van der Waals surface area contributed by atoms with Crippen molar-refractivity contribution in [2.45, 2.75) is 39.0 Å². The topological polar surface area (TPSA) is 32.3 Å². The molecule has 0 aliphatic heterocycles. The van der Waals surface area contributed by atoms with Crippen molar-refractivity contribution in [1.29, 1.82) is 0 Å². The number of hydrogen-bond donors (Lipinski definition) is 1. The molecule has 1 atom stereocenters. The molecule has 0 aliphatic rings. The molecule has 0 aliphatic carbocycles. The highest BCUT2D eigenvalue weighted by molar-refractivity contribution is 5.76. The Morgan fingerprint density at radius 3 is 2.20 bits per heavy atom. The van der Waals surface area contributed by atoms with Crippen LogP contribution in [-0.4, -0.2) is 38.0 Å². The summed E-state index contributed by atoms with van der Waals surface area (Å²) in [6.07, 6.45) is 0.571. The smallest absolute Gasteiger partial charge is 0.222 e. The molecule has 1 amide bonds. The standard InChI is InChI=1S/C17H28N2O/c1-13(2)15-6-8-16(9-7-15)14(3)12-17(20)19(5)11-10-18-4/h6-9,13-14,18H,10-12H2,1-5H3. The van der Waals surface area contributed by atoms with Crippen LogP contribution in [0, 0.1) is 0 Å². The SMILES string of the molecule is CNCCN(C)C(=O)CC(C)c1ccc(C(C)C)cc1. The molecule has 1 aromatic rings. The van der Waals surface area contributed by atoms with Gasteiger partial charge in [-0.15, -0.1) is 0 Å². The molecule has 1 aromatic carbocycles. The zero-order valence-corrected chi connectivity index (χ0v) is 13.4. The van der Waals surface area contributed by atoms with Crippen molar-refractivity contribution in [3.63, 3.8) is 0 Å². The number of carbonyl (C=O) groups is 1. The van der Waals surface area contributed by atoms with Crippen LogP contribution in [-0.2, 0) is 4.79 Å². The van der Waals surface area contributed by atoms with Crippen LogP contribution in [0.3, 0.4) is 0 Å². The minimum Gasteiger partial charge on any atom is -0.344 e. The Hall–Kier alpha value is -1.35. The predicted octanol–water partition coefficient (Wildman–Crippen LogP) is 2.98. The minimum atomic E-state index is 0.209. The summed E-state index contributed by atoms with van der Waals surface area (Å²) in [6.45, 7) is 8.10. The van der Waals surface area contributed by atoms with Gasteiger partial charge in [-0.05, 0) is 30.0 Å². The van der Waals surface area contributed by atoms with Crippen LogP contribution in [0.5, 0.6) is 0 Å². The van der Waals surface area contributed by atoms with Crippen molar-refractivity contribution in [2.75, 3.05) is 27.2 Å². The summed E-state index contributed by atoms with van der Waals surface area (Å²) in [5, 5.41) is 3.06. The van der Waals surface area contributed by atoms with Gasteiger partial charge in [0.1, 0.15) is 0 Å². The van der Waals surface area contributed by atoms with E-state index in [1.165, 1.54) is 11.1 Å². The quantitative estimate of drug-likeness (QED) is 0.830. The van der Waals surface area contributed by atoms with Crippen LogP contribution in [0.15, 0.2) is 24.3 Å². The Bertz CT molecular complexity index is 412. The molecule has 0 saturated heterocycles. The number of amides is 1. The van der Waals surface area contributed by atoms with Crippen LogP contribution in [0.25, 0.3) is 0 Å². The van der Waals surface area contributed by atoms with Crippen LogP contribution in [0.1, 0.15) is 50.2 Å². The third-order valence-corrected chi connectivity index (χ3v) is 3.78. The zero-order valence-electron chi connectivity index (χ0n) is 13.4. The molecule has 0 saturated carbocycles. The summed E-state index contributed by atoms with van der Waals surface area (Å²) in [5.41, 5.74) is 2.59. The predicted molar refractivity (Wildman–Crippen MR) is 85.1 cm³/mol. The molecular formula is C17H28N2O. The van der Waals surface area contributed by atoms with Gasteiger partial charge in [0.2, 0.25) is 5.91 Å². The van der Waals surface area contributed by atoms with Crippen molar-refractivity contribution < 1.29 is 4.79 Å². The molecule has 0 radical (unpaired) electrons. The summed E-state index contributed by atoms with van der Waals surface area (Å²) in [7, 11) is 3.77. The molecule has 3 nitrogen and oxygen atoms in total. The molecule has 112 valence electrons. The van der Waals surface area contributed by atoms with E-state index in [2.05, 4.69) is 50.4 Å². The summed E-state index contributed by atoms with van der Waals surface area (Å²) >= 11 is 0. The summed E-state index contributed by atoms with van der Waals surface area (Å²) in [6, 6.07) is 8.65. The lowest BCUT2D eigenvalue weighted by Gasteiger charge is -2.20. The number of rotatable bonds is 7. The second kappa shape index (κ2) is 8.05. The highest BCUT2D eigenvalue weighted by Crippen LogP contribution is 2.22. The first-order chi connectivity index (χ1) is 9.45. The van der Waals surface area contributed by atoms with Gasteiger partial charge in [-0.2, -0.15) is 0 Å². The number of likely N-dealkylation sites (N-methyl/N-ethyl adjacent to an activating group) is 2. The first-order valence-electron chi connectivity index (χ1n) is 7.44. The van der Waals surface area contributed by atoms with Crippen LogP contribution < -0.4 is 5.32 Å². The summed E-state index contributed by atoms with van der Waals surface area (Å²) in [4.78, 5) is 13.9. The lowest BCUT2D eigenvalue weighted by Crippen LogP contribution is -2.33. The second-order valence-corrected chi connectivity index (χ2v) is 5.85. The van der Waals surface area contributed by atoms with E-state index in [0.717, 1.165) is 13.1 Å². The van der Waals surface area contributed by atoms with Crippen molar-refractivity contribution in [3.05, 3.63) is 35.4 Å². The number of nitrogens with zero attached hydrogens (tertiary/aromatic N) is 1. The molecule has 0 fully saturated rings. The van der Waals surface area contributed by atoms with E-state index < -0.39 is 0 Å². The maximum atomic E-state index is 12.1.